The summed E-state index contributed by atoms with van der Waals surface area (Å²) in [5, 5.41) is 3.43. The SMILES string of the molecule is CC1CNCCN1CCSCc1ccccc1.Cl. The van der Waals surface area contributed by atoms with E-state index in [1.165, 1.54) is 24.4 Å². The lowest BCUT2D eigenvalue weighted by Crippen LogP contribution is -2.50. The van der Waals surface area contributed by atoms with Crippen molar-refractivity contribution in [2.24, 2.45) is 0 Å². The predicted octanol–water partition coefficient (Wildman–Crippen LogP) is 2.64. The molecule has 0 radical (unpaired) electrons. The second-order valence-electron chi connectivity index (χ2n) is 4.63. The average molecular weight is 287 g/mol. The molecule has 0 spiro atoms. The summed E-state index contributed by atoms with van der Waals surface area (Å²) >= 11 is 2.04. The Morgan fingerprint density at radius 1 is 1.33 bits per heavy atom. The topological polar surface area (TPSA) is 15.3 Å². The number of nitrogens with zero attached hydrogens (tertiary/aromatic N) is 1. The Morgan fingerprint density at radius 3 is 2.83 bits per heavy atom. The van der Waals surface area contributed by atoms with Crippen molar-refractivity contribution < 1.29 is 0 Å². The summed E-state index contributed by atoms with van der Waals surface area (Å²) in [6.07, 6.45) is 0. The summed E-state index contributed by atoms with van der Waals surface area (Å²) in [5.74, 6) is 2.38. The highest BCUT2D eigenvalue weighted by atomic mass is 35.5. The minimum atomic E-state index is 0. The fourth-order valence-electron chi connectivity index (χ4n) is 2.16. The average Bonchev–Trinajstić information content (AvgIpc) is 2.38. The highest BCUT2D eigenvalue weighted by Gasteiger charge is 2.16. The normalized spacial score (nSPS) is 20.4. The Kier molecular flexibility index (Phi) is 7.75. The molecule has 1 saturated heterocycles. The molecule has 0 saturated carbocycles. The monoisotopic (exact) mass is 286 g/mol. The molecule has 1 aliphatic heterocycles. The predicted molar refractivity (Wildman–Crippen MR) is 83.8 cm³/mol. The number of benzene rings is 1. The smallest absolute Gasteiger partial charge is 0.0193 e. The van der Waals surface area contributed by atoms with E-state index in [9.17, 15) is 0 Å². The van der Waals surface area contributed by atoms with Crippen LogP contribution in [0.25, 0.3) is 0 Å². The molecule has 1 fully saturated rings. The highest BCUT2D eigenvalue weighted by Crippen LogP contribution is 2.12. The molecule has 2 nitrogen and oxygen atoms in total. The second kappa shape index (κ2) is 8.81. The van der Waals surface area contributed by atoms with Crippen LogP contribution in [-0.2, 0) is 5.75 Å². The van der Waals surface area contributed by atoms with Gasteiger partial charge in [-0.2, -0.15) is 11.8 Å². The van der Waals surface area contributed by atoms with Gasteiger partial charge in [0.15, 0.2) is 0 Å². The third kappa shape index (κ3) is 5.19. The molecular formula is C14H23ClN2S. The van der Waals surface area contributed by atoms with Crippen LogP contribution in [0.15, 0.2) is 30.3 Å². The summed E-state index contributed by atoms with van der Waals surface area (Å²) < 4.78 is 0. The van der Waals surface area contributed by atoms with Crippen LogP contribution < -0.4 is 5.32 Å². The molecular weight excluding hydrogens is 264 g/mol. The molecule has 1 aromatic rings. The Hall–Kier alpha value is -0.220. The lowest BCUT2D eigenvalue weighted by molar-refractivity contribution is 0.184. The number of halogens is 1. The molecule has 1 aromatic carbocycles. The Labute approximate surface area is 121 Å². The van der Waals surface area contributed by atoms with Crippen LogP contribution in [0.2, 0.25) is 0 Å². The first-order valence-electron chi connectivity index (χ1n) is 6.42. The van der Waals surface area contributed by atoms with Crippen molar-refractivity contribution >= 4 is 24.2 Å². The number of nitrogens with one attached hydrogen (secondary N) is 1. The van der Waals surface area contributed by atoms with E-state index >= 15 is 0 Å². The van der Waals surface area contributed by atoms with Crippen molar-refractivity contribution in [1.82, 2.24) is 10.2 Å². The molecule has 1 unspecified atom stereocenters. The van der Waals surface area contributed by atoms with Crippen LogP contribution in [0.5, 0.6) is 0 Å². The van der Waals surface area contributed by atoms with E-state index in [2.05, 4.69) is 47.5 Å². The van der Waals surface area contributed by atoms with Crippen molar-refractivity contribution in [3.8, 4) is 0 Å². The van der Waals surface area contributed by atoms with Gasteiger partial charge in [0, 0.05) is 43.7 Å². The maximum absolute atomic E-state index is 3.43. The minimum absolute atomic E-state index is 0. The van der Waals surface area contributed by atoms with Gasteiger partial charge in [0.2, 0.25) is 0 Å². The first kappa shape index (κ1) is 15.8. The molecule has 2 rings (SSSR count). The first-order chi connectivity index (χ1) is 8.36. The van der Waals surface area contributed by atoms with Crippen molar-refractivity contribution in [3.05, 3.63) is 35.9 Å². The first-order valence-corrected chi connectivity index (χ1v) is 7.58. The van der Waals surface area contributed by atoms with E-state index in [0.717, 1.165) is 18.8 Å². The third-order valence-corrected chi connectivity index (χ3v) is 4.28. The summed E-state index contributed by atoms with van der Waals surface area (Å²) in [5.41, 5.74) is 1.44. The zero-order valence-electron chi connectivity index (χ0n) is 11.0. The number of rotatable bonds is 5. The van der Waals surface area contributed by atoms with Crippen LogP contribution in [0.1, 0.15) is 12.5 Å². The third-order valence-electron chi connectivity index (χ3n) is 3.27. The molecule has 0 bridgehead atoms. The fourth-order valence-corrected chi connectivity index (χ4v) is 3.10. The number of piperazine rings is 1. The van der Waals surface area contributed by atoms with Gasteiger partial charge in [0.1, 0.15) is 0 Å². The maximum atomic E-state index is 3.43. The van der Waals surface area contributed by atoms with E-state index in [1.54, 1.807) is 0 Å². The maximum Gasteiger partial charge on any atom is 0.0193 e. The minimum Gasteiger partial charge on any atom is -0.314 e. The molecule has 4 heteroatoms. The van der Waals surface area contributed by atoms with Gasteiger partial charge in [-0.05, 0) is 12.5 Å². The summed E-state index contributed by atoms with van der Waals surface area (Å²) in [6.45, 7) is 7.03. The standard InChI is InChI=1S/C14H22N2S.ClH/c1-13-11-15-7-8-16(13)9-10-17-12-14-5-3-2-4-6-14;/h2-6,13,15H,7-12H2,1H3;1H. The van der Waals surface area contributed by atoms with Crippen molar-refractivity contribution in [2.75, 3.05) is 31.9 Å². The van der Waals surface area contributed by atoms with Gasteiger partial charge in [0.25, 0.3) is 0 Å². The highest BCUT2D eigenvalue weighted by molar-refractivity contribution is 7.98. The summed E-state index contributed by atoms with van der Waals surface area (Å²) in [4.78, 5) is 2.59. The summed E-state index contributed by atoms with van der Waals surface area (Å²) in [6, 6.07) is 11.4. The molecule has 1 atom stereocenters. The van der Waals surface area contributed by atoms with Gasteiger partial charge in [-0.1, -0.05) is 30.3 Å². The van der Waals surface area contributed by atoms with Gasteiger partial charge in [-0.25, -0.2) is 0 Å². The van der Waals surface area contributed by atoms with E-state index < -0.39 is 0 Å². The van der Waals surface area contributed by atoms with E-state index in [-0.39, 0.29) is 12.4 Å². The zero-order valence-corrected chi connectivity index (χ0v) is 12.6. The molecule has 0 aliphatic carbocycles. The van der Waals surface area contributed by atoms with Crippen LogP contribution >= 0.6 is 24.2 Å². The van der Waals surface area contributed by atoms with Crippen LogP contribution in [0, 0.1) is 0 Å². The quantitative estimate of drug-likeness (QED) is 0.838. The molecule has 1 N–H and O–H groups in total. The van der Waals surface area contributed by atoms with Gasteiger partial charge >= 0.3 is 0 Å². The van der Waals surface area contributed by atoms with E-state index in [1.807, 2.05) is 11.8 Å². The summed E-state index contributed by atoms with van der Waals surface area (Å²) in [7, 11) is 0. The van der Waals surface area contributed by atoms with Gasteiger partial charge in [0.05, 0.1) is 0 Å². The number of hydrogen-bond donors (Lipinski definition) is 1. The molecule has 0 amide bonds. The van der Waals surface area contributed by atoms with Crippen molar-refractivity contribution in [3.63, 3.8) is 0 Å². The van der Waals surface area contributed by atoms with Crippen LogP contribution in [-0.4, -0.2) is 42.9 Å². The largest absolute Gasteiger partial charge is 0.314 e. The lowest BCUT2D eigenvalue weighted by atomic mass is 10.2. The van der Waals surface area contributed by atoms with Gasteiger partial charge in [-0.3, -0.25) is 4.90 Å². The van der Waals surface area contributed by atoms with Crippen LogP contribution in [0.4, 0.5) is 0 Å². The Bertz CT molecular complexity index is 321. The second-order valence-corrected chi connectivity index (χ2v) is 5.73. The van der Waals surface area contributed by atoms with E-state index in [0.29, 0.717) is 6.04 Å². The zero-order chi connectivity index (χ0) is 11.9. The molecule has 1 aliphatic rings. The van der Waals surface area contributed by atoms with E-state index in [4.69, 9.17) is 0 Å². The van der Waals surface area contributed by atoms with Crippen molar-refractivity contribution in [1.29, 1.82) is 0 Å². The van der Waals surface area contributed by atoms with Gasteiger partial charge < -0.3 is 5.32 Å². The van der Waals surface area contributed by atoms with Crippen molar-refractivity contribution in [2.45, 2.75) is 18.7 Å². The molecule has 102 valence electrons. The lowest BCUT2D eigenvalue weighted by Gasteiger charge is -2.33. The molecule has 1 heterocycles. The Morgan fingerprint density at radius 2 is 2.11 bits per heavy atom. The molecule has 18 heavy (non-hydrogen) atoms. The number of thioether (sulfide) groups is 1. The fraction of sp³-hybridized carbons (Fsp3) is 0.571. The van der Waals surface area contributed by atoms with Gasteiger partial charge in [-0.15, -0.1) is 12.4 Å². The Balaban J connectivity index is 0.00000162. The van der Waals surface area contributed by atoms with Crippen LogP contribution in [0.3, 0.4) is 0 Å². The molecule has 0 aromatic heterocycles. The number of hydrogen-bond acceptors (Lipinski definition) is 3.